The summed E-state index contributed by atoms with van der Waals surface area (Å²) in [7, 11) is 0. The van der Waals surface area contributed by atoms with Gasteiger partial charge in [0.15, 0.2) is 11.5 Å². The maximum atomic E-state index is 12.9. The zero-order valence-electron chi connectivity index (χ0n) is 17.9. The maximum Gasteiger partial charge on any atom is 0.255 e. The molecule has 2 heterocycles. The Kier molecular flexibility index (Phi) is 6.65. The van der Waals surface area contributed by atoms with Crippen molar-refractivity contribution in [1.29, 1.82) is 0 Å². The van der Waals surface area contributed by atoms with Crippen LogP contribution in [-0.2, 0) is 11.4 Å². The van der Waals surface area contributed by atoms with Crippen molar-refractivity contribution >= 4 is 23.2 Å². The predicted octanol–water partition coefficient (Wildman–Crippen LogP) is 4.44. The van der Waals surface area contributed by atoms with Gasteiger partial charge < -0.3 is 19.7 Å². The van der Waals surface area contributed by atoms with Crippen molar-refractivity contribution in [3.63, 3.8) is 0 Å². The van der Waals surface area contributed by atoms with Crippen molar-refractivity contribution in [3.8, 4) is 11.5 Å². The molecule has 0 radical (unpaired) electrons. The summed E-state index contributed by atoms with van der Waals surface area (Å²) in [4.78, 5) is 30.7. The standard InChI is InChI=1S/C25H25N3O4/c1-2-31-23-14-19(10-11-22(23)32-17-18-6-4-12-26-16-18)25(30)27-20-7-3-8-21(15-20)28-13-5-9-24(28)29/h3-4,6-8,10-12,14-16H,2,5,9,13,17H2,1H3,(H,27,30). The molecule has 2 aromatic carbocycles. The zero-order valence-corrected chi connectivity index (χ0v) is 17.9. The molecule has 164 valence electrons. The highest BCUT2D eigenvalue weighted by Gasteiger charge is 2.22. The molecule has 2 amide bonds. The summed E-state index contributed by atoms with van der Waals surface area (Å²) in [5.41, 5.74) is 2.81. The molecule has 0 atom stereocenters. The first-order valence-electron chi connectivity index (χ1n) is 10.6. The predicted molar refractivity (Wildman–Crippen MR) is 122 cm³/mol. The second kappa shape index (κ2) is 9.96. The minimum Gasteiger partial charge on any atom is -0.490 e. The molecule has 1 saturated heterocycles. The molecule has 1 fully saturated rings. The Morgan fingerprint density at radius 3 is 2.75 bits per heavy atom. The summed E-state index contributed by atoms with van der Waals surface area (Å²) in [6.45, 7) is 3.37. The molecule has 0 unspecified atom stereocenters. The lowest BCUT2D eigenvalue weighted by atomic mass is 10.1. The van der Waals surface area contributed by atoms with Gasteiger partial charge in [0.25, 0.3) is 5.91 Å². The first-order valence-corrected chi connectivity index (χ1v) is 10.6. The second-order valence-electron chi connectivity index (χ2n) is 7.40. The molecule has 3 aromatic rings. The van der Waals surface area contributed by atoms with Gasteiger partial charge in [0, 0.05) is 47.9 Å². The Balaban J connectivity index is 1.47. The number of ether oxygens (including phenoxy) is 2. The fourth-order valence-corrected chi connectivity index (χ4v) is 3.56. The van der Waals surface area contributed by atoms with E-state index >= 15 is 0 Å². The second-order valence-corrected chi connectivity index (χ2v) is 7.40. The lowest BCUT2D eigenvalue weighted by Gasteiger charge is -2.17. The summed E-state index contributed by atoms with van der Waals surface area (Å²) in [6.07, 6.45) is 4.87. The number of carbonyl (C=O) groups excluding carboxylic acids is 2. The third-order valence-electron chi connectivity index (χ3n) is 5.11. The lowest BCUT2D eigenvalue weighted by molar-refractivity contribution is -0.117. The van der Waals surface area contributed by atoms with Crippen LogP contribution in [0.4, 0.5) is 11.4 Å². The largest absolute Gasteiger partial charge is 0.490 e. The van der Waals surface area contributed by atoms with E-state index in [0.717, 1.165) is 17.7 Å². The number of hydrogen-bond acceptors (Lipinski definition) is 5. The van der Waals surface area contributed by atoms with Crippen molar-refractivity contribution in [2.75, 3.05) is 23.4 Å². The van der Waals surface area contributed by atoms with Crippen molar-refractivity contribution in [2.45, 2.75) is 26.4 Å². The molecule has 32 heavy (non-hydrogen) atoms. The highest BCUT2D eigenvalue weighted by atomic mass is 16.5. The van der Waals surface area contributed by atoms with Crippen LogP contribution in [0.2, 0.25) is 0 Å². The molecule has 1 aliphatic rings. The van der Waals surface area contributed by atoms with Gasteiger partial charge in [-0.3, -0.25) is 14.6 Å². The molecule has 0 aliphatic carbocycles. The van der Waals surface area contributed by atoms with E-state index < -0.39 is 0 Å². The van der Waals surface area contributed by atoms with Crippen LogP contribution in [0, 0.1) is 0 Å². The minimum atomic E-state index is -0.269. The van der Waals surface area contributed by atoms with E-state index in [4.69, 9.17) is 9.47 Å². The molecule has 4 rings (SSSR count). The molecule has 0 saturated carbocycles. The fourth-order valence-electron chi connectivity index (χ4n) is 3.56. The van der Waals surface area contributed by atoms with E-state index in [2.05, 4.69) is 10.3 Å². The molecular weight excluding hydrogens is 406 g/mol. The van der Waals surface area contributed by atoms with Gasteiger partial charge in [-0.2, -0.15) is 0 Å². The number of pyridine rings is 1. The third kappa shape index (κ3) is 5.06. The topological polar surface area (TPSA) is 80.8 Å². The maximum absolute atomic E-state index is 12.9. The highest BCUT2D eigenvalue weighted by Crippen LogP contribution is 2.30. The van der Waals surface area contributed by atoms with Crippen molar-refractivity contribution in [2.24, 2.45) is 0 Å². The van der Waals surface area contributed by atoms with E-state index in [1.807, 2.05) is 37.3 Å². The van der Waals surface area contributed by atoms with Gasteiger partial charge in [0.05, 0.1) is 6.61 Å². The van der Waals surface area contributed by atoms with E-state index in [1.165, 1.54) is 0 Å². The van der Waals surface area contributed by atoms with Crippen LogP contribution in [0.25, 0.3) is 0 Å². The molecule has 7 heteroatoms. The number of anilines is 2. The Morgan fingerprint density at radius 2 is 2.00 bits per heavy atom. The normalized spacial score (nSPS) is 13.2. The molecule has 1 N–H and O–H groups in total. The van der Waals surface area contributed by atoms with Crippen molar-refractivity contribution in [3.05, 3.63) is 78.1 Å². The molecule has 1 aliphatic heterocycles. The van der Waals surface area contributed by atoms with Crippen LogP contribution < -0.4 is 19.7 Å². The fraction of sp³-hybridized carbons (Fsp3) is 0.240. The van der Waals surface area contributed by atoms with Gasteiger partial charge in [-0.05, 0) is 55.8 Å². The van der Waals surface area contributed by atoms with E-state index in [-0.39, 0.29) is 11.8 Å². The number of benzene rings is 2. The van der Waals surface area contributed by atoms with Gasteiger partial charge in [0.2, 0.25) is 5.91 Å². The SMILES string of the molecule is CCOc1cc(C(=O)Nc2cccc(N3CCCC3=O)c2)ccc1OCc1cccnc1. The highest BCUT2D eigenvalue weighted by molar-refractivity contribution is 6.05. The van der Waals surface area contributed by atoms with Crippen molar-refractivity contribution < 1.29 is 19.1 Å². The van der Waals surface area contributed by atoms with E-state index in [9.17, 15) is 9.59 Å². The van der Waals surface area contributed by atoms with Gasteiger partial charge in [-0.15, -0.1) is 0 Å². The van der Waals surface area contributed by atoms with Gasteiger partial charge in [-0.25, -0.2) is 0 Å². The minimum absolute atomic E-state index is 0.108. The first-order chi connectivity index (χ1) is 15.6. The smallest absolute Gasteiger partial charge is 0.255 e. The average Bonchev–Trinajstić information content (AvgIpc) is 3.25. The number of amides is 2. The molecule has 7 nitrogen and oxygen atoms in total. The number of nitrogens with zero attached hydrogens (tertiary/aromatic N) is 2. The van der Waals surface area contributed by atoms with Crippen LogP contribution in [0.3, 0.4) is 0 Å². The Morgan fingerprint density at radius 1 is 1.09 bits per heavy atom. The number of carbonyl (C=O) groups is 2. The first kappa shape index (κ1) is 21.4. The monoisotopic (exact) mass is 431 g/mol. The number of hydrogen-bond donors (Lipinski definition) is 1. The van der Waals surface area contributed by atoms with Crippen LogP contribution in [0.5, 0.6) is 11.5 Å². The van der Waals surface area contributed by atoms with E-state index in [1.54, 1.807) is 41.6 Å². The Hall–Kier alpha value is -3.87. The number of rotatable bonds is 8. The number of aromatic nitrogens is 1. The summed E-state index contributed by atoms with van der Waals surface area (Å²) >= 11 is 0. The van der Waals surface area contributed by atoms with Gasteiger partial charge in [-0.1, -0.05) is 12.1 Å². The summed E-state index contributed by atoms with van der Waals surface area (Å²) < 4.78 is 11.6. The van der Waals surface area contributed by atoms with Crippen LogP contribution in [-0.4, -0.2) is 29.9 Å². The summed E-state index contributed by atoms with van der Waals surface area (Å²) in [5, 5.41) is 2.90. The lowest BCUT2D eigenvalue weighted by Crippen LogP contribution is -2.23. The molecular formula is C25H25N3O4. The van der Waals surface area contributed by atoms with Gasteiger partial charge in [0.1, 0.15) is 6.61 Å². The zero-order chi connectivity index (χ0) is 22.3. The number of nitrogens with one attached hydrogen (secondary N) is 1. The quantitative estimate of drug-likeness (QED) is 0.570. The summed E-state index contributed by atoms with van der Waals surface area (Å²) in [6, 6.07) is 16.2. The average molecular weight is 431 g/mol. The van der Waals surface area contributed by atoms with Crippen LogP contribution in [0.1, 0.15) is 35.7 Å². The van der Waals surface area contributed by atoms with Crippen LogP contribution >= 0.6 is 0 Å². The Labute approximate surface area is 187 Å². The molecule has 1 aromatic heterocycles. The molecule has 0 spiro atoms. The van der Waals surface area contributed by atoms with E-state index in [0.29, 0.717) is 48.9 Å². The Bertz CT molecular complexity index is 1100. The summed E-state index contributed by atoms with van der Waals surface area (Å²) in [5.74, 6) is 0.897. The van der Waals surface area contributed by atoms with Crippen LogP contribution in [0.15, 0.2) is 67.0 Å². The van der Waals surface area contributed by atoms with Gasteiger partial charge >= 0.3 is 0 Å². The molecule has 0 bridgehead atoms. The third-order valence-corrected chi connectivity index (χ3v) is 5.11. The van der Waals surface area contributed by atoms with Crippen molar-refractivity contribution in [1.82, 2.24) is 4.98 Å².